The summed E-state index contributed by atoms with van der Waals surface area (Å²) in [4.78, 5) is 10.1. The van der Waals surface area contributed by atoms with Crippen LogP contribution in [0.15, 0.2) is 5.18 Å². The number of nitroso groups, excluding NO2 is 1. The molecule has 0 heterocycles. The van der Waals surface area contributed by atoms with Gasteiger partial charge in [-0.25, -0.2) is 0 Å². The van der Waals surface area contributed by atoms with Gasteiger partial charge in [-0.2, -0.15) is 4.91 Å². The lowest BCUT2D eigenvalue weighted by Gasteiger charge is -2.18. The highest BCUT2D eigenvalue weighted by Crippen LogP contribution is 2.07. The van der Waals surface area contributed by atoms with Gasteiger partial charge in [-0.3, -0.25) is 0 Å². The van der Waals surface area contributed by atoms with E-state index in [4.69, 9.17) is 20.4 Å². The molecule has 6 nitrogen and oxygen atoms in total. The molecule has 0 saturated heterocycles. The molecule has 0 aromatic heterocycles. The van der Waals surface area contributed by atoms with Gasteiger partial charge in [-0.1, -0.05) is 5.18 Å². The lowest BCUT2D eigenvalue weighted by molar-refractivity contribution is 0.0132. The van der Waals surface area contributed by atoms with Crippen LogP contribution in [0.25, 0.3) is 0 Å². The highest BCUT2D eigenvalue weighted by Gasteiger charge is 2.26. The largest absolute Gasteiger partial charge is 0.396 e. The first-order valence-corrected chi connectivity index (χ1v) is 3.57. The zero-order valence-corrected chi connectivity index (χ0v) is 6.50. The van der Waals surface area contributed by atoms with Crippen molar-refractivity contribution in [2.24, 2.45) is 5.18 Å². The Labute approximate surface area is 69.4 Å². The maximum atomic E-state index is 10.1. The fourth-order valence-electron chi connectivity index (χ4n) is 0.808. The molecular formula is C6H13NO5. The van der Waals surface area contributed by atoms with Crippen LogP contribution in [0.3, 0.4) is 0 Å². The summed E-state index contributed by atoms with van der Waals surface area (Å²) in [5, 5.41) is 37.3. The van der Waals surface area contributed by atoms with E-state index in [0.29, 0.717) is 0 Å². The van der Waals surface area contributed by atoms with Crippen LogP contribution in [0, 0.1) is 4.91 Å². The predicted molar refractivity (Wildman–Crippen MR) is 40.4 cm³/mol. The third kappa shape index (κ3) is 3.22. The highest BCUT2D eigenvalue weighted by molar-refractivity contribution is 4.81. The van der Waals surface area contributed by atoms with Crippen LogP contribution >= 0.6 is 0 Å². The Morgan fingerprint density at radius 3 is 2.08 bits per heavy atom. The molecule has 0 aromatic rings. The maximum Gasteiger partial charge on any atom is 0.146 e. The fraction of sp³-hybridized carbons (Fsp3) is 1.00. The van der Waals surface area contributed by atoms with Gasteiger partial charge >= 0.3 is 0 Å². The lowest BCUT2D eigenvalue weighted by Crippen LogP contribution is -2.38. The average molecular weight is 179 g/mol. The maximum absolute atomic E-state index is 10.1. The summed E-state index contributed by atoms with van der Waals surface area (Å²) in [6.45, 7) is -0.940. The first-order valence-electron chi connectivity index (χ1n) is 3.57. The van der Waals surface area contributed by atoms with E-state index in [9.17, 15) is 4.91 Å². The molecule has 0 spiro atoms. The molecule has 0 rings (SSSR count). The Balaban J connectivity index is 4.03. The predicted octanol–water partition coefficient (Wildman–Crippen LogP) is -1.78. The SMILES string of the molecule is O=NC(C(O)CO)C(O)CCO. The van der Waals surface area contributed by atoms with Crippen molar-refractivity contribution >= 4 is 0 Å². The molecule has 0 aromatic carbocycles. The Morgan fingerprint density at radius 1 is 1.17 bits per heavy atom. The van der Waals surface area contributed by atoms with Gasteiger partial charge in [-0.05, 0) is 6.42 Å². The molecule has 0 saturated carbocycles. The third-order valence-corrected chi connectivity index (χ3v) is 1.52. The van der Waals surface area contributed by atoms with Gasteiger partial charge in [0, 0.05) is 6.61 Å². The van der Waals surface area contributed by atoms with E-state index in [1.54, 1.807) is 0 Å². The Kier molecular flexibility index (Phi) is 5.73. The summed E-state index contributed by atoms with van der Waals surface area (Å²) >= 11 is 0. The number of hydrogen-bond donors (Lipinski definition) is 4. The van der Waals surface area contributed by atoms with E-state index in [0.717, 1.165) is 0 Å². The normalized spacial score (nSPS) is 18.3. The minimum Gasteiger partial charge on any atom is -0.396 e. The summed E-state index contributed by atoms with van der Waals surface area (Å²) in [7, 11) is 0. The molecule has 0 radical (unpaired) electrons. The number of rotatable bonds is 6. The standard InChI is InChI=1S/C6H13NO5/c8-2-1-4(10)6(7-12)5(11)3-9/h4-6,8-11H,1-3H2. The van der Waals surface area contributed by atoms with Crippen molar-refractivity contribution in [3.63, 3.8) is 0 Å². The first-order chi connectivity index (χ1) is 5.67. The molecule has 0 bridgehead atoms. The van der Waals surface area contributed by atoms with Crippen molar-refractivity contribution in [1.82, 2.24) is 0 Å². The number of aliphatic hydroxyl groups excluding tert-OH is 4. The summed E-state index contributed by atoms with van der Waals surface area (Å²) in [5.74, 6) is 0. The quantitative estimate of drug-likeness (QED) is 0.360. The molecular weight excluding hydrogens is 166 g/mol. The number of nitrogens with zero attached hydrogens (tertiary/aromatic N) is 1. The Hall–Kier alpha value is -0.560. The van der Waals surface area contributed by atoms with Gasteiger partial charge in [0.15, 0.2) is 0 Å². The summed E-state index contributed by atoms with van der Waals surface area (Å²) in [6.07, 6.45) is -2.63. The molecule has 6 heteroatoms. The van der Waals surface area contributed by atoms with Crippen LogP contribution in [0.1, 0.15) is 6.42 Å². The second-order valence-electron chi connectivity index (χ2n) is 2.43. The van der Waals surface area contributed by atoms with Crippen LogP contribution in [-0.2, 0) is 0 Å². The van der Waals surface area contributed by atoms with E-state index in [1.807, 2.05) is 0 Å². The molecule has 4 N–H and O–H groups in total. The van der Waals surface area contributed by atoms with Crippen molar-refractivity contribution < 1.29 is 20.4 Å². The van der Waals surface area contributed by atoms with Crippen LogP contribution in [0.2, 0.25) is 0 Å². The molecule has 0 aliphatic heterocycles. The molecule has 0 fully saturated rings. The third-order valence-electron chi connectivity index (χ3n) is 1.52. The zero-order chi connectivity index (χ0) is 9.56. The van der Waals surface area contributed by atoms with Crippen molar-refractivity contribution in [3.8, 4) is 0 Å². The van der Waals surface area contributed by atoms with Gasteiger partial charge in [0.1, 0.15) is 12.1 Å². The van der Waals surface area contributed by atoms with Crippen molar-refractivity contribution in [1.29, 1.82) is 0 Å². The average Bonchev–Trinajstić information content (AvgIpc) is 2.06. The second kappa shape index (κ2) is 6.01. The van der Waals surface area contributed by atoms with Gasteiger partial charge in [0.05, 0.1) is 12.7 Å². The topological polar surface area (TPSA) is 110 Å². The monoisotopic (exact) mass is 179 g/mol. The van der Waals surface area contributed by atoms with Gasteiger partial charge in [0.25, 0.3) is 0 Å². The Bertz CT molecular complexity index is 131. The highest BCUT2D eigenvalue weighted by atomic mass is 16.3. The van der Waals surface area contributed by atoms with Crippen LogP contribution < -0.4 is 0 Å². The van der Waals surface area contributed by atoms with Crippen LogP contribution in [0.5, 0.6) is 0 Å². The minimum atomic E-state index is -1.37. The Morgan fingerprint density at radius 2 is 1.75 bits per heavy atom. The molecule has 12 heavy (non-hydrogen) atoms. The van der Waals surface area contributed by atoms with Crippen molar-refractivity contribution in [2.75, 3.05) is 13.2 Å². The second-order valence-corrected chi connectivity index (χ2v) is 2.43. The molecule has 0 aliphatic rings. The molecule has 0 amide bonds. The fourth-order valence-corrected chi connectivity index (χ4v) is 0.808. The van der Waals surface area contributed by atoms with E-state index in [2.05, 4.69) is 5.18 Å². The summed E-state index contributed by atoms with van der Waals surface area (Å²) in [5.41, 5.74) is 0. The number of aliphatic hydroxyl groups is 4. The van der Waals surface area contributed by atoms with Gasteiger partial charge < -0.3 is 20.4 Å². The van der Waals surface area contributed by atoms with Crippen molar-refractivity contribution in [3.05, 3.63) is 4.91 Å². The summed E-state index contributed by atoms with van der Waals surface area (Å²) < 4.78 is 0. The van der Waals surface area contributed by atoms with Crippen LogP contribution in [0.4, 0.5) is 0 Å². The first kappa shape index (κ1) is 11.4. The van der Waals surface area contributed by atoms with Gasteiger partial charge in [-0.15, -0.1) is 0 Å². The van der Waals surface area contributed by atoms with Crippen LogP contribution in [-0.4, -0.2) is 51.9 Å². The molecule has 3 atom stereocenters. The minimum absolute atomic E-state index is 0.0481. The van der Waals surface area contributed by atoms with E-state index >= 15 is 0 Å². The zero-order valence-electron chi connectivity index (χ0n) is 6.50. The molecule has 3 unspecified atom stereocenters. The smallest absolute Gasteiger partial charge is 0.146 e. The molecule has 0 aliphatic carbocycles. The summed E-state index contributed by atoms with van der Waals surface area (Å²) in [6, 6.07) is -1.28. The van der Waals surface area contributed by atoms with Crippen molar-refractivity contribution in [2.45, 2.75) is 24.7 Å². The van der Waals surface area contributed by atoms with E-state index < -0.39 is 24.9 Å². The molecule has 72 valence electrons. The lowest BCUT2D eigenvalue weighted by atomic mass is 10.0. The van der Waals surface area contributed by atoms with E-state index in [1.165, 1.54) is 0 Å². The van der Waals surface area contributed by atoms with E-state index in [-0.39, 0.29) is 13.0 Å². The number of hydrogen-bond acceptors (Lipinski definition) is 6. The van der Waals surface area contributed by atoms with Gasteiger partial charge in [0.2, 0.25) is 0 Å².